The third-order valence-electron chi connectivity index (χ3n) is 5.97. The number of carbonyl (C=O) groups is 3. The van der Waals surface area contributed by atoms with Crippen molar-refractivity contribution in [3.63, 3.8) is 0 Å². The van der Waals surface area contributed by atoms with Gasteiger partial charge in [0.05, 0.1) is 16.8 Å². The summed E-state index contributed by atoms with van der Waals surface area (Å²) in [6.45, 7) is -0.536. The molecule has 1 aliphatic rings. The van der Waals surface area contributed by atoms with E-state index < -0.39 is 24.4 Å². The van der Waals surface area contributed by atoms with Crippen LogP contribution in [0.15, 0.2) is 84.9 Å². The monoisotopic (exact) mass is 477 g/mol. The van der Waals surface area contributed by atoms with Crippen molar-refractivity contribution in [1.82, 2.24) is 15.8 Å². The fraction of sp³-hybridized carbons (Fsp3) is 0.103. The number of allylic oxidation sites excluding steroid dienone is 1. The number of nitrogens with zero attached hydrogens (tertiary/aromatic N) is 1. The zero-order valence-electron chi connectivity index (χ0n) is 19.4. The Morgan fingerprint density at radius 3 is 2.31 bits per heavy atom. The highest BCUT2D eigenvalue weighted by atomic mass is 16.5. The molecule has 0 bridgehead atoms. The fourth-order valence-corrected chi connectivity index (χ4v) is 4.29. The van der Waals surface area contributed by atoms with Gasteiger partial charge in [-0.05, 0) is 53.8 Å². The second-order valence-corrected chi connectivity index (χ2v) is 8.36. The Morgan fingerprint density at radius 1 is 0.833 bits per heavy atom. The number of carbonyl (C=O) groups excluding carboxylic acids is 3. The molecule has 5 rings (SSSR count). The molecule has 1 aliphatic carbocycles. The first kappa shape index (κ1) is 23.0. The zero-order chi connectivity index (χ0) is 24.9. The first-order chi connectivity index (χ1) is 17.6. The zero-order valence-corrected chi connectivity index (χ0v) is 19.4. The molecule has 178 valence electrons. The minimum Gasteiger partial charge on any atom is -0.452 e. The van der Waals surface area contributed by atoms with E-state index in [1.165, 1.54) is 0 Å². The lowest BCUT2D eigenvalue weighted by Crippen LogP contribution is -2.43. The van der Waals surface area contributed by atoms with Crippen molar-refractivity contribution < 1.29 is 19.1 Å². The number of benzene rings is 3. The van der Waals surface area contributed by atoms with E-state index in [-0.39, 0.29) is 0 Å². The maximum absolute atomic E-state index is 13.2. The normalized spacial score (nSPS) is 13.3. The molecule has 4 aromatic rings. The van der Waals surface area contributed by atoms with Crippen LogP contribution in [0.25, 0.3) is 22.6 Å². The highest BCUT2D eigenvalue weighted by Crippen LogP contribution is 2.37. The lowest BCUT2D eigenvalue weighted by molar-refractivity contribution is -0.125. The van der Waals surface area contributed by atoms with E-state index in [0.717, 1.165) is 28.8 Å². The van der Waals surface area contributed by atoms with Crippen molar-refractivity contribution in [1.29, 1.82) is 0 Å². The lowest BCUT2D eigenvalue weighted by Gasteiger charge is -2.13. The average molecular weight is 478 g/mol. The Bertz CT molecular complexity index is 1480. The molecule has 2 amide bonds. The summed E-state index contributed by atoms with van der Waals surface area (Å²) < 4.78 is 5.37. The molecule has 0 unspecified atom stereocenters. The van der Waals surface area contributed by atoms with Gasteiger partial charge in [0.1, 0.15) is 0 Å². The van der Waals surface area contributed by atoms with Crippen molar-refractivity contribution in [3.8, 4) is 0 Å². The lowest BCUT2D eigenvalue weighted by atomic mass is 10.0. The van der Waals surface area contributed by atoms with Gasteiger partial charge < -0.3 is 4.74 Å². The molecule has 0 fully saturated rings. The molecule has 0 saturated heterocycles. The van der Waals surface area contributed by atoms with Crippen LogP contribution in [0.4, 0.5) is 0 Å². The van der Waals surface area contributed by atoms with Crippen LogP contribution in [0.1, 0.15) is 44.0 Å². The van der Waals surface area contributed by atoms with Gasteiger partial charge in [-0.2, -0.15) is 0 Å². The third-order valence-corrected chi connectivity index (χ3v) is 5.97. The number of para-hydroxylation sites is 1. The van der Waals surface area contributed by atoms with Crippen LogP contribution in [0, 0.1) is 0 Å². The molecule has 1 aromatic heterocycles. The third kappa shape index (κ3) is 4.86. The standard InChI is InChI=1S/C29H23N3O4/c33-25(31-32-28(34)20-11-5-2-6-12-20)18-36-29(35)26-22-13-7-8-14-24(22)30-27-21(15-16-23(26)27)17-19-9-3-1-4-10-19/h1-14,17H,15-16,18H2,(H,31,33)(H,32,34). The highest BCUT2D eigenvalue weighted by molar-refractivity contribution is 6.07. The molecule has 36 heavy (non-hydrogen) atoms. The largest absolute Gasteiger partial charge is 0.452 e. The van der Waals surface area contributed by atoms with E-state index in [4.69, 9.17) is 9.72 Å². The Morgan fingerprint density at radius 2 is 1.53 bits per heavy atom. The smallest absolute Gasteiger partial charge is 0.339 e. The number of hydrogen-bond acceptors (Lipinski definition) is 5. The number of nitrogens with one attached hydrogen (secondary N) is 2. The van der Waals surface area contributed by atoms with E-state index >= 15 is 0 Å². The highest BCUT2D eigenvalue weighted by Gasteiger charge is 2.28. The number of esters is 1. The van der Waals surface area contributed by atoms with E-state index in [1.54, 1.807) is 30.3 Å². The molecular formula is C29H23N3O4. The van der Waals surface area contributed by atoms with Crippen molar-refractivity contribution >= 4 is 40.3 Å². The van der Waals surface area contributed by atoms with Gasteiger partial charge in [0.2, 0.25) is 0 Å². The van der Waals surface area contributed by atoms with Gasteiger partial charge in [-0.15, -0.1) is 0 Å². The molecule has 0 radical (unpaired) electrons. The summed E-state index contributed by atoms with van der Waals surface area (Å²) >= 11 is 0. The van der Waals surface area contributed by atoms with Gasteiger partial charge in [-0.1, -0.05) is 66.7 Å². The van der Waals surface area contributed by atoms with E-state index in [9.17, 15) is 14.4 Å². The van der Waals surface area contributed by atoms with Gasteiger partial charge in [-0.3, -0.25) is 20.4 Å². The van der Waals surface area contributed by atoms with Gasteiger partial charge in [0.25, 0.3) is 11.8 Å². The predicted molar refractivity (Wildman–Crippen MR) is 137 cm³/mol. The van der Waals surface area contributed by atoms with Crippen molar-refractivity contribution in [3.05, 3.63) is 113 Å². The van der Waals surface area contributed by atoms with Gasteiger partial charge >= 0.3 is 5.97 Å². The Labute approximate surface area is 207 Å². The molecule has 7 nitrogen and oxygen atoms in total. The summed E-state index contributed by atoms with van der Waals surface area (Å²) in [6.07, 6.45) is 3.49. The Balaban J connectivity index is 1.34. The molecule has 0 spiro atoms. The second kappa shape index (κ2) is 10.2. The summed E-state index contributed by atoms with van der Waals surface area (Å²) in [7, 11) is 0. The second-order valence-electron chi connectivity index (χ2n) is 8.36. The molecule has 3 aromatic carbocycles. The van der Waals surface area contributed by atoms with Crippen LogP contribution in [0.5, 0.6) is 0 Å². The number of pyridine rings is 1. The molecule has 7 heteroatoms. The topological polar surface area (TPSA) is 97.4 Å². The van der Waals surface area contributed by atoms with Gasteiger partial charge in [0.15, 0.2) is 6.61 Å². The van der Waals surface area contributed by atoms with E-state index in [1.807, 2.05) is 54.6 Å². The minimum atomic E-state index is -0.646. The van der Waals surface area contributed by atoms with Crippen LogP contribution in [-0.2, 0) is 16.0 Å². The SMILES string of the molecule is O=C(COC(=O)c1c2c(nc3ccccc13)C(=Cc1ccccc1)CC2)NNC(=O)c1ccccc1. The minimum absolute atomic E-state index is 0.396. The number of rotatable bonds is 5. The quantitative estimate of drug-likeness (QED) is 0.329. The summed E-state index contributed by atoms with van der Waals surface area (Å²) in [4.78, 5) is 42.4. The number of fused-ring (bicyclic) bond motifs is 2. The molecule has 0 aliphatic heterocycles. The van der Waals surface area contributed by atoms with Crippen LogP contribution >= 0.6 is 0 Å². The van der Waals surface area contributed by atoms with Crippen LogP contribution in [0.2, 0.25) is 0 Å². The fourth-order valence-electron chi connectivity index (χ4n) is 4.29. The molecule has 1 heterocycles. The number of amides is 2. The van der Waals surface area contributed by atoms with Gasteiger partial charge in [-0.25, -0.2) is 9.78 Å². The predicted octanol–water partition coefficient (Wildman–Crippen LogP) is 4.34. The van der Waals surface area contributed by atoms with E-state index in [0.29, 0.717) is 28.5 Å². The van der Waals surface area contributed by atoms with Crippen molar-refractivity contribution in [2.45, 2.75) is 12.8 Å². The average Bonchev–Trinajstić information content (AvgIpc) is 3.31. The molecule has 0 saturated carbocycles. The molecule has 2 N–H and O–H groups in total. The maximum Gasteiger partial charge on any atom is 0.339 e. The molecular weight excluding hydrogens is 454 g/mol. The summed E-state index contributed by atoms with van der Waals surface area (Å²) in [5.74, 6) is -1.71. The number of hydrazine groups is 1. The number of ether oxygens (including phenoxy) is 1. The summed E-state index contributed by atoms with van der Waals surface area (Å²) in [5, 5.41) is 0.681. The number of aromatic nitrogens is 1. The Hall–Kier alpha value is -4.78. The summed E-state index contributed by atoms with van der Waals surface area (Å²) in [6, 6.07) is 25.8. The summed E-state index contributed by atoms with van der Waals surface area (Å²) in [5.41, 5.74) is 9.81. The first-order valence-corrected chi connectivity index (χ1v) is 11.6. The van der Waals surface area contributed by atoms with Crippen LogP contribution < -0.4 is 10.9 Å². The van der Waals surface area contributed by atoms with Crippen molar-refractivity contribution in [2.75, 3.05) is 6.61 Å². The van der Waals surface area contributed by atoms with E-state index in [2.05, 4.69) is 16.9 Å². The molecule has 0 atom stereocenters. The van der Waals surface area contributed by atoms with Crippen molar-refractivity contribution in [2.24, 2.45) is 0 Å². The van der Waals surface area contributed by atoms with Crippen LogP contribution in [0.3, 0.4) is 0 Å². The van der Waals surface area contributed by atoms with Gasteiger partial charge in [0, 0.05) is 10.9 Å². The maximum atomic E-state index is 13.2. The first-order valence-electron chi connectivity index (χ1n) is 11.6. The number of hydrogen-bond donors (Lipinski definition) is 2. The Kier molecular flexibility index (Phi) is 6.53. The van der Waals surface area contributed by atoms with Crippen LogP contribution in [-0.4, -0.2) is 29.4 Å².